The van der Waals surface area contributed by atoms with Crippen LogP contribution in [0.1, 0.15) is 36.7 Å². The first-order valence-electron chi connectivity index (χ1n) is 8.34. The lowest BCUT2D eigenvalue weighted by molar-refractivity contribution is -0.384. The van der Waals surface area contributed by atoms with Gasteiger partial charge in [0.25, 0.3) is 17.5 Å². The predicted molar refractivity (Wildman–Crippen MR) is 107 cm³/mol. The number of nitro groups is 1. The fourth-order valence-corrected chi connectivity index (χ4v) is 2.69. The van der Waals surface area contributed by atoms with Crippen molar-refractivity contribution in [3.05, 3.63) is 68.2 Å². The fourth-order valence-electron chi connectivity index (χ4n) is 2.33. The standard InChI is InChI=1S/C19H20BrN3O5/c1-19(2,3)15-10-13(20)6-9-16(15)28-11-17(24)21-22-18(25)12-4-7-14(8-5-12)23(26)27/h4-10H,11H2,1-3H3,(H,21,24)(H,22,25). The molecule has 0 saturated heterocycles. The van der Waals surface area contributed by atoms with Gasteiger partial charge in [0, 0.05) is 27.7 Å². The lowest BCUT2D eigenvalue weighted by Crippen LogP contribution is -2.43. The van der Waals surface area contributed by atoms with Crippen molar-refractivity contribution >= 4 is 33.4 Å². The first kappa shape index (κ1) is 21.4. The Labute approximate surface area is 170 Å². The third-order valence-electron chi connectivity index (χ3n) is 3.76. The number of benzene rings is 2. The SMILES string of the molecule is CC(C)(C)c1cc(Br)ccc1OCC(=O)NNC(=O)c1ccc([N+](=O)[O-])cc1. The number of hydrazine groups is 1. The highest BCUT2D eigenvalue weighted by Gasteiger charge is 2.20. The van der Waals surface area contributed by atoms with Crippen LogP contribution in [0.5, 0.6) is 5.75 Å². The lowest BCUT2D eigenvalue weighted by atomic mass is 9.86. The Balaban J connectivity index is 1.91. The van der Waals surface area contributed by atoms with Gasteiger partial charge in [-0.15, -0.1) is 0 Å². The summed E-state index contributed by atoms with van der Waals surface area (Å²) in [5.41, 5.74) is 5.30. The van der Waals surface area contributed by atoms with Gasteiger partial charge in [-0.2, -0.15) is 0 Å². The normalized spacial score (nSPS) is 10.9. The number of nitrogens with one attached hydrogen (secondary N) is 2. The van der Waals surface area contributed by atoms with E-state index in [9.17, 15) is 19.7 Å². The van der Waals surface area contributed by atoms with Gasteiger partial charge in [-0.1, -0.05) is 36.7 Å². The number of rotatable bonds is 5. The number of halogens is 1. The fraction of sp³-hybridized carbons (Fsp3) is 0.263. The maximum atomic E-state index is 12.0. The molecule has 0 heterocycles. The van der Waals surface area contributed by atoms with E-state index in [1.807, 2.05) is 32.9 Å². The van der Waals surface area contributed by atoms with Crippen molar-refractivity contribution in [1.29, 1.82) is 0 Å². The minimum absolute atomic E-state index is 0.127. The Bertz CT molecular complexity index is 891. The molecule has 2 N–H and O–H groups in total. The van der Waals surface area contributed by atoms with Crippen LogP contribution in [0, 0.1) is 10.1 Å². The molecule has 0 aliphatic rings. The molecule has 148 valence electrons. The van der Waals surface area contributed by atoms with Gasteiger partial charge in [0.2, 0.25) is 0 Å². The van der Waals surface area contributed by atoms with Crippen molar-refractivity contribution < 1.29 is 19.2 Å². The second kappa shape index (κ2) is 8.83. The van der Waals surface area contributed by atoms with E-state index in [4.69, 9.17) is 4.74 Å². The largest absolute Gasteiger partial charge is 0.483 e. The molecule has 2 amide bonds. The average Bonchev–Trinajstić information content (AvgIpc) is 2.64. The molecule has 0 unspecified atom stereocenters. The van der Waals surface area contributed by atoms with Crippen molar-refractivity contribution in [2.75, 3.05) is 6.61 Å². The molecule has 0 aliphatic carbocycles. The Kier molecular flexibility index (Phi) is 6.74. The molecule has 0 aliphatic heterocycles. The van der Waals surface area contributed by atoms with E-state index in [0.29, 0.717) is 5.75 Å². The predicted octanol–water partition coefficient (Wildman–Crippen LogP) is 3.49. The van der Waals surface area contributed by atoms with E-state index in [2.05, 4.69) is 26.8 Å². The molecule has 28 heavy (non-hydrogen) atoms. The second-order valence-corrected chi connectivity index (χ2v) is 7.90. The zero-order valence-electron chi connectivity index (χ0n) is 15.6. The Morgan fingerprint density at radius 2 is 1.75 bits per heavy atom. The number of carbonyl (C=O) groups excluding carboxylic acids is 2. The zero-order chi connectivity index (χ0) is 20.9. The van der Waals surface area contributed by atoms with Crippen LogP contribution in [0.15, 0.2) is 46.9 Å². The van der Waals surface area contributed by atoms with Gasteiger partial charge >= 0.3 is 0 Å². The lowest BCUT2D eigenvalue weighted by Gasteiger charge is -2.23. The summed E-state index contributed by atoms with van der Waals surface area (Å²) in [4.78, 5) is 34.0. The molecular weight excluding hydrogens is 430 g/mol. The number of hydrogen-bond donors (Lipinski definition) is 2. The highest BCUT2D eigenvalue weighted by atomic mass is 79.9. The first-order chi connectivity index (χ1) is 13.1. The third-order valence-corrected chi connectivity index (χ3v) is 4.26. The molecule has 0 saturated carbocycles. The molecule has 9 heteroatoms. The molecule has 0 radical (unpaired) electrons. The van der Waals surface area contributed by atoms with E-state index in [1.54, 1.807) is 6.07 Å². The summed E-state index contributed by atoms with van der Waals surface area (Å²) in [6, 6.07) is 10.5. The number of nitro benzene ring substituents is 1. The van der Waals surface area contributed by atoms with Crippen LogP contribution in [-0.4, -0.2) is 23.3 Å². The van der Waals surface area contributed by atoms with Crippen molar-refractivity contribution in [2.45, 2.75) is 26.2 Å². The van der Waals surface area contributed by atoms with E-state index < -0.39 is 16.7 Å². The van der Waals surface area contributed by atoms with E-state index in [0.717, 1.165) is 10.0 Å². The monoisotopic (exact) mass is 449 g/mol. The van der Waals surface area contributed by atoms with E-state index in [-0.39, 0.29) is 23.3 Å². The molecule has 0 spiro atoms. The number of ether oxygens (including phenoxy) is 1. The van der Waals surface area contributed by atoms with Crippen molar-refractivity contribution in [1.82, 2.24) is 10.9 Å². The maximum absolute atomic E-state index is 12.0. The van der Waals surface area contributed by atoms with E-state index >= 15 is 0 Å². The smallest absolute Gasteiger partial charge is 0.276 e. The van der Waals surface area contributed by atoms with Gasteiger partial charge in [0.15, 0.2) is 6.61 Å². The Morgan fingerprint density at radius 1 is 1.11 bits per heavy atom. The number of hydrogen-bond acceptors (Lipinski definition) is 5. The van der Waals surface area contributed by atoms with Gasteiger partial charge < -0.3 is 4.74 Å². The van der Waals surface area contributed by atoms with Crippen LogP contribution in [0.2, 0.25) is 0 Å². The second-order valence-electron chi connectivity index (χ2n) is 6.99. The highest BCUT2D eigenvalue weighted by molar-refractivity contribution is 9.10. The van der Waals surface area contributed by atoms with Crippen molar-refractivity contribution in [2.24, 2.45) is 0 Å². The highest BCUT2D eigenvalue weighted by Crippen LogP contribution is 2.33. The molecule has 2 aromatic rings. The van der Waals surface area contributed by atoms with Gasteiger partial charge in [-0.25, -0.2) is 0 Å². The van der Waals surface area contributed by atoms with Gasteiger partial charge in [0.05, 0.1) is 4.92 Å². The molecule has 8 nitrogen and oxygen atoms in total. The summed E-state index contributed by atoms with van der Waals surface area (Å²) in [7, 11) is 0. The molecule has 0 fully saturated rings. The summed E-state index contributed by atoms with van der Waals surface area (Å²) < 4.78 is 6.51. The minimum Gasteiger partial charge on any atom is -0.483 e. The molecule has 2 aromatic carbocycles. The van der Waals surface area contributed by atoms with Crippen LogP contribution in [-0.2, 0) is 10.2 Å². The van der Waals surface area contributed by atoms with Crippen LogP contribution >= 0.6 is 15.9 Å². The minimum atomic E-state index is -0.595. The van der Waals surface area contributed by atoms with Crippen LogP contribution in [0.4, 0.5) is 5.69 Å². The third kappa shape index (κ3) is 5.78. The van der Waals surface area contributed by atoms with Crippen LogP contribution in [0.25, 0.3) is 0 Å². The van der Waals surface area contributed by atoms with Crippen molar-refractivity contribution in [3.8, 4) is 5.75 Å². The van der Waals surface area contributed by atoms with E-state index in [1.165, 1.54) is 24.3 Å². The number of amides is 2. The zero-order valence-corrected chi connectivity index (χ0v) is 17.2. The van der Waals surface area contributed by atoms with Crippen molar-refractivity contribution in [3.63, 3.8) is 0 Å². The first-order valence-corrected chi connectivity index (χ1v) is 9.13. The summed E-state index contributed by atoms with van der Waals surface area (Å²) in [6.07, 6.45) is 0. The number of non-ortho nitro benzene ring substituents is 1. The number of carbonyl (C=O) groups is 2. The van der Waals surface area contributed by atoms with Gasteiger partial charge in [0.1, 0.15) is 5.75 Å². The topological polar surface area (TPSA) is 111 Å². The van der Waals surface area contributed by atoms with Crippen LogP contribution < -0.4 is 15.6 Å². The quantitative estimate of drug-likeness (QED) is 0.535. The maximum Gasteiger partial charge on any atom is 0.276 e. The Hall–Kier alpha value is -2.94. The molecule has 0 atom stereocenters. The molecule has 0 bridgehead atoms. The van der Waals surface area contributed by atoms with Gasteiger partial charge in [-0.3, -0.25) is 30.6 Å². The molecular formula is C19H20BrN3O5. The number of nitrogens with zero attached hydrogens (tertiary/aromatic N) is 1. The molecule has 0 aromatic heterocycles. The summed E-state index contributed by atoms with van der Waals surface area (Å²) in [5.74, 6) is -0.562. The summed E-state index contributed by atoms with van der Waals surface area (Å²) >= 11 is 3.42. The Morgan fingerprint density at radius 3 is 2.32 bits per heavy atom. The van der Waals surface area contributed by atoms with Gasteiger partial charge in [-0.05, 0) is 35.7 Å². The van der Waals surface area contributed by atoms with Crippen LogP contribution in [0.3, 0.4) is 0 Å². The summed E-state index contributed by atoms with van der Waals surface area (Å²) in [6.45, 7) is 5.82. The molecule has 2 rings (SSSR count). The average molecular weight is 450 g/mol. The summed E-state index contributed by atoms with van der Waals surface area (Å²) in [5, 5.41) is 10.6.